The lowest BCUT2D eigenvalue weighted by atomic mass is 10.2. The van der Waals surface area contributed by atoms with Crippen molar-refractivity contribution in [3.05, 3.63) is 83.9 Å². The summed E-state index contributed by atoms with van der Waals surface area (Å²) in [5, 5.41) is 10.6. The first-order valence-corrected chi connectivity index (χ1v) is 10.8. The van der Waals surface area contributed by atoms with Crippen molar-refractivity contribution in [1.29, 1.82) is 5.26 Å². The van der Waals surface area contributed by atoms with Gasteiger partial charge < -0.3 is 14.2 Å². The molecule has 0 aliphatic carbocycles. The molecular formula is C25H21NO5S. The van der Waals surface area contributed by atoms with Crippen LogP contribution in [0.15, 0.2) is 77.7 Å². The van der Waals surface area contributed by atoms with Gasteiger partial charge in [-0.1, -0.05) is 13.3 Å². The van der Waals surface area contributed by atoms with Crippen LogP contribution in [0, 0.1) is 10.7 Å². The summed E-state index contributed by atoms with van der Waals surface area (Å²) in [6, 6.07) is 19.5. The molecule has 162 valence electrons. The van der Waals surface area contributed by atoms with E-state index in [1.54, 1.807) is 48.5 Å². The topological polar surface area (TPSA) is 85.6 Å². The van der Waals surface area contributed by atoms with Crippen LogP contribution in [0.4, 0.5) is 0 Å². The van der Waals surface area contributed by atoms with Crippen molar-refractivity contribution in [1.82, 2.24) is 0 Å². The van der Waals surface area contributed by atoms with Crippen molar-refractivity contribution >= 4 is 23.7 Å². The Bertz CT molecular complexity index is 1090. The van der Waals surface area contributed by atoms with Gasteiger partial charge in [0.25, 0.3) is 0 Å². The van der Waals surface area contributed by atoms with Gasteiger partial charge in [-0.3, -0.25) is 0 Å². The minimum atomic E-state index is -0.540. The smallest absolute Gasteiger partial charge is 0.343 e. The first-order chi connectivity index (χ1) is 15.6. The lowest BCUT2D eigenvalue weighted by Gasteiger charge is -2.08. The third-order valence-corrected chi connectivity index (χ3v) is 4.95. The molecule has 0 bridgehead atoms. The van der Waals surface area contributed by atoms with Gasteiger partial charge in [-0.05, 0) is 91.0 Å². The number of esters is 2. The molecule has 3 aromatic carbocycles. The standard InChI is InChI=1S/C25H21NO5S/c1-2-3-16-29-20-8-4-18(5-9-20)24(27)30-21-10-6-19(7-11-21)25(28)31-22-12-14-23(15-13-22)32-17-26/h4-15H,2-3,16H2,1H3. The van der Waals surface area contributed by atoms with E-state index in [0.717, 1.165) is 29.5 Å². The fourth-order valence-corrected chi connectivity index (χ4v) is 3.02. The van der Waals surface area contributed by atoms with Gasteiger partial charge in [0.2, 0.25) is 0 Å². The molecule has 0 amide bonds. The molecule has 7 heteroatoms. The van der Waals surface area contributed by atoms with Crippen LogP contribution in [0.1, 0.15) is 40.5 Å². The fourth-order valence-electron chi connectivity index (χ4n) is 2.64. The highest BCUT2D eigenvalue weighted by molar-refractivity contribution is 8.03. The molecule has 0 aliphatic heterocycles. The molecule has 0 spiro atoms. The Morgan fingerprint density at radius 1 is 0.781 bits per heavy atom. The number of thioether (sulfide) groups is 1. The van der Waals surface area contributed by atoms with E-state index in [9.17, 15) is 9.59 Å². The second-order valence-electron chi connectivity index (χ2n) is 6.69. The molecule has 0 heterocycles. The summed E-state index contributed by atoms with van der Waals surface area (Å²) in [4.78, 5) is 25.4. The fraction of sp³-hybridized carbons (Fsp3) is 0.160. The highest BCUT2D eigenvalue weighted by Gasteiger charge is 2.12. The molecule has 0 atom stereocenters. The van der Waals surface area contributed by atoms with Crippen molar-refractivity contribution < 1.29 is 23.8 Å². The van der Waals surface area contributed by atoms with E-state index in [1.807, 2.05) is 5.40 Å². The van der Waals surface area contributed by atoms with Crippen molar-refractivity contribution in [3.8, 4) is 22.6 Å². The van der Waals surface area contributed by atoms with Gasteiger partial charge in [-0.2, -0.15) is 5.26 Å². The Morgan fingerprint density at radius 2 is 1.25 bits per heavy atom. The number of carbonyl (C=O) groups excluding carboxylic acids is 2. The van der Waals surface area contributed by atoms with Gasteiger partial charge in [-0.25, -0.2) is 9.59 Å². The minimum absolute atomic E-state index is 0.313. The number of ether oxygens (including phenoxy) is 3. The Kier molecular flexibility index (Phi) is 8.29. The lowest BCUT2D eigenvalue weighted by Crippen LogP contribution is -2.10. The van der Waals surface area contributed by atoms with E-state index in [0.29, 0.717) is 35.0 Å². The number of thiocyanates is 1. The van der Waals surface area contributed by atoms with Gasteiger partial charge in [0.05, 0.1) is 17.7 Å². The molecule has 0 radical (unpaired) electrons. The number of benzene rings is 3. The van der Waals surface area contributed by atoms with Gasteiger partial charge >= 0.3 is 11.9 Å². The first-order valence-electron chi connectivity index (χ1n) is 10.0. The van der Waals surface area contributed by atoms with E-state index in [1.165, 1.54) is 24.3 Å². The number of nitrogens with zero attached hydrogens (tertiary/aromatic N) is 1. The SMILES string of the molecule is CCCCOc1ccc(C(=O)Oc2ccc(C(=O)Oc3ccc(SC#N)cc3)cc2)cc1. The second-order valence-corrected chi connectivity index (χ2v) is 7.55. The first kappa shape index (κ1) is 22.9. The number of nitriles is 1. The molecular weight excluding hydrogens is 426 g/mol. The summed E-state index contributed by atoms with van der Waals surface area (Å²) < 4.78 is 16.3. The predicted octanol–water partition coefficient (Wildman–Crippen LogP) is 5.88. The summed E-state index contributed by atoms with van der Waals surface area (Å²) in [5.74, 6) is 0.344. The van der Waals surface area contributed by atoms with E-state index in [4.69, 9.17) is 19.5 Å². The van der Waals surface area contributed by atoms with E-state index >= 15 is 0 Å². The largest absolute Gasteiger partial charge is 0.494 e. The maximum absolute atomic E-state index is 12.3. The highest BCUT2D eigenvalue weighted by Crippen LogP contribution is 2.22. The summed E-state index contributed by atoms with van der Waals surface area (Å²) in [7, 11) is 0. The molecule has 0 aromatic heterocycles. The zero-order chi connectivity index (χ0) is 22.8. The summed E-state index contributed by atoms with van der Waals surface area (Å²) >= 11 is 1.03. The van der Waals surface area contributed by atoms with Crippen molar-refractivity contribution in [2.75, 3.05) is 6.61 Å². The summed E-state index contributed by atoms with van der Waals surface area (Å²) in [6.45, 7) is 2.73. The molecule has 0 fully saturated rings. The summed E-state index contributed by atoms with van der Waals surface area (Å²) in [5.41, 5.74) is 0.711. The van der Waals surface area contributed by atoms with Crippen LogP contribution in [0.5, 0.6) is 17.2 Å². The zero-order valence-corrected chi connectivity index (χ0v) is 18.3. The minimum Gasteiger partial charge on any atom is -0.494 e. The molecule has 3 rings (SSSR count). The van der Waals surface area contributed by atoms with Crippen molar-refractivity contribution in [3.63, 3.8) is 0 Å². The van der Waals surface area contributed by atoms with Crippen LogP contribution in [0.2, 0.25) is 0 Å². The molecule has 0 saturated carbocycles. The molecule has 0 N–H and O–H groups in total. The number of hydrogen-bond acceptors (Lipinski definition) is 7. The number of hydrogen-bond donors (Lipinski definition) is 0. The monoisotopic (exact) mass is 447 g/mol. The third-order valence-electron chi connectivity index (χ3n) is 4.35. The molecule has 3 aromatic rings. The maximum atomic E-state index is 12.3. The lowest BCUT2D eigenvalue weighted by molar-refractivity contribution is 0.0730. The van der Waals surface area contributed by atoms with Gasteiger partial charge in [0.15, 0.2) is 0 Å². The number of unbranched alkanes of at least 4 members (excludes halogenated alkanes) is 1. The van der Waals surface area contributed by atoms with Crippen LogP contribution in [0.3, 0.4) is 0 Å². The van der Waals surface area contributed by atoms with Crippen LogP contribution >= 0.6 is 11.8 Å². The Labute approximate surface area is 190 Å². The van der Waals surface area contributed by atoms with Crippen LogP contribution in [0.25, 0.3) is 0 Å². The molecule has 6 nitrogen and oxygen atoms in total. The maximum Gasteiger partial charge on any atom is 0.343 e. The van der Waals surface area contributed by atoms with Crippen molar-refractivity contribution in [2.24, 2.45) is 0 Å². The van der Waals surface area contributed by atoms with E-state index in [2.05, 4.69) is 6.92 Å². The Morgan fingerprint density at radius 3 is 1.72 bits per heavy atom. The highest BCUT2D eigenvalue weighted by atomic mass is 32.2. The van der Waals surface area contributed by atoms with Gasteiger partial charge in [0, 0.05) is 4.90 Å². The normalized spacial score (nSPS) is 10.1. The molecule has 0 unspecified atom stereocenters. The van der Waals surface area contributed by atoms with Gasteiger partial charge in [-0.15, -0.1) is 0 Å². The second kappa shape index (κ2) is 11.6. The quantitative estimate of drug-likeness (QED) is 0.133. The van der Waals surface area contributed by atoms with Crippen LogP contribution in [-0.4, -0.2) is 18.5 Å². The molecule has 32 heavy (non-hydrogen) atoms. The number of carbonyl (C=O) groups is 2. The average molecular weight is 448 g/mol. The van der Waals surface area contributed by atoms with E-state index in [-0.39, 0.29) is 0 Å². The van der Waals surface area contributed by atoms with E-state index < -0.39 is 11.9 Å². The van der Waals surface area contributed by atoms with Crippen molar-refractivity contribution in [2.45, 2.75) is 24.7 Å². The zero-order valence-electron chi connectivity index (χ0n) is 17.4. The predicted molar refractivity (Wildman–Crippen MR) is 121 cm³/mol. The third kappa shape index (κ3) is 6.62. The number of rotatable bonds is 9. The van der Waals surface area contributed by atoms with Crippen LogP contribution < -0.4 is 14.2 Å². The Hall–Kier alpha value is -3.76. The molecule has 0 aliphatic rings. The van der Waals surface area contributed by atoms with Crippen LogP contribution in [-0.2, 0) is 0 Å². The Balaban J connectivity index is 1.55. The van der Waals surface area contributed by atoms with Gasteiger partial charge in [0.1, 0.15) is 22.6 Å². The molecule has 0 saturated heterocycles. The summed E-state index contributed by atoms with van der Waals surface area (Å²) in [6.07, 6.45) is 2.03. The average Bonchev–Trinajstić information content (AvgIpc) is 2.81.